The summed E-state index contributed by atoms with van der Waals surface area (Å²) >= 11 is 5.52. The molecule has 0 radical (unpaired) electrons. The summed E-state index contributed by atoms with van der Waals surface area (Å²) in [6.45, 7) is 1.85. The summed E-state index contributed by atoms with van der Waals surface area (Å²) in [6.07, 6.45) is 0. The molecule has 0 saturated heterocycles. The van der Waals surface area contributed by atoms with Crippen molar-refractivity contribution in [3.8, 4) is 0 Å². The van der Waals surface area contributed by atoms with Gasteiger partial charge in [0.25, 0.3) is 5.24 Å². The van der Waals surface area contributed by atoms with Gasteiger partial charge in [-0.2, -0.15) is 0 Å². The number of hydrogen-bond acceptors (Lipinski definition) is 2. The van der Waals surface area contributed by atoms with Crippen LogP contribution in [0.15, 0.2) is 48.5 Å². The van der Waals surface area contributed by atoms with Crippen LogP contribution >= 0.6 is 11.6 Å². The number of aryl methyl sites for hydroxylation is 1. The highest BCUT2D eigenvalue weighted by atomic mass is 35.5. The summed E-state index contributed by atoms with van der Waals surface area (Å²) in [7, 11) is 0. The zero-order chi connectivity index (χ0) is 13.1. The highest BCUT2D eigenvalue weighted by Gasteiger charge is 2.16. The zero-order valence-electron chi connectivity index (χ0n) is 9.81. The van der Waals surface area contributed by atoms with Crippen molar-refractivity contribution >= 4 is 22.6 Å². The van der Waals surface area contributed by atoms with Gasteiger partial charge in [0.05, 0.1) is 0 Å². The minimum absolute atomic E-state index is 0.195. The molecular formula is C15H11ClO2. The van der Waals surface area contributed by atoms with E-state index in [2.05, 4.69) is 0 Å². The van der Waals surface area contributed by atoms with E-state index in [-0.39, 0.29) is 11.3 Å². The molecule has 2 aromatic carbocycles. The fourth-order valence-electron chi connectivity index (χ4n) is 1.76. The third-order valence-electron chi connectivity index (χ3n) is 2.67. The van der Waals surface area contributed by atoms with Gasteiger partial charge < -0.3 is 0 Å². The lowest BCUT2D eigenvalue weighted by Gasteiger charge is -2.06. The van der Waals surface area contributed by atoms with E-state index in [9.17, 15) is 9.59 Å². The second-order valence-electron chi connectivity index (χ2n) is 4.02. The molecule has 0 bridgehead atoms. The largest absolute Gasteiger partial charge is 0.289 e. The molecule has 18 heavy (non-hydrogen) atoms. The maximum Gasteiger partial charge on any atom is 0.253 e. The van der Waals surface area contributed by atoms with Gasteiger partial charge in [-0.05, 0) is 30.7 Å². The molecule has 2 aromatic rings. The normalized spacial score (nSPS) is 10.1. The fraction of sp³-hybridized carbons (Fsp3) is 0.0667. The fourth-order valence-corrected chi connectivity index (χ4v) is 1.92. The number of carbonyl (C=O) groups excluding carboxylic acids is 2. The lowest BCUT2D eigenvalue weighted by atomic mass is 9.97. The van der Waals surface area contributed by atoms with Gasteiger partial charge >= 0.3 is 0 Å². The van der Waals surface area contributed by atoms with E-state index in [0.29, 0.717) is 11.1 Å². The number of carbonyl (C=O) groups is 2. The van der Waals surface area contributed by atoms with E-state index < -0.39 is 5.24 Å². The molecule has 0 fully saturated rings. The lowest BCUT2D eigenvalue weighted by molar-refractivity contribution is 0.102. The Morgan fingerprint density at radius 2 is 1.61 bits per heavy atom. The molecular weight excluding hydrogens is 248 g/mol. The maximum absolute atomic E-state index is 12.3. The molecule has 2 nitrogen and oxygen atoms in total. The van der Waals surface area contributed by atoms with Crippen LogP contribution in [0.5, 0.6) is 0 Å². The van der Waals surface area contributed by atoms with Crippen molar-refractivity contribution in [1.29, 1.82) is 0 Å². The van der Waals surface area contributed by atoms with Gasteiger partial charge in [0.2, 0.25) is 0 Å². The first-order valence-electron chi connectivity index (χ1n) is 5.50. The molecule has 0 spiro atoms. The van der Waals surface area contributed by atoms with Crippen molar-refractivity contribution in [3.63, 3.8) is 0 Å². The Morgan fingerprint density at radius 1 is 0.944 bits per heavy atom. The summed E-state index contributed by atoms with van der Waals surface area (Å²) in [4.78, 5) is 23.6. The first-order valence-corrected chi connectivity index (χ1v) is 5.87. The van der Waals surface area contributed by atoms with Gasteiger partial charge in [0.15, 0.2) is 5.78 Å². The van der Waals surface area contributed by atoms with E-state index in [1.165, 1.54) is 0 Å². The van der Waals surface area contributed by atoms with Gasteiger partial charge in [-0.1, -0.05) is 42.0 Å². The first kappa shape index (κ1) is 12.5. The van der Waals surface area contributed by atoms with Crippen molar-refractivity contribution < 1.29 is 9.59 Å². The molecule has 2 rings (SSSR count). The third kappa shape index (κ3) is 2.49. The average molecular weight is 259 g/mol. The van der Waals surface area contributed by atoms with Gasteiger partial charge in [-0.15, -0.1) is 0 Å². The third-order valence-corrected chi connectivity index (χ3v) is 2.87. The molecule has 0 saturated carbocycles. The van der Waals surface area contributed by atoms with E-state index in [4.69, 9.17) is 11.6 Å². The number of hydrogen-bond donors (Lipinski definition) is 0. The molecule has 0 aliphatic rings. The van der Waals surface area contributed by atoms with Crippen molar-refractivity contribution in [3.05, 3.63) is 70.8 Å². The first-order chi connectivity index (χ1) is 8.59. The van der Waals surface area contributed by atoms with E-state index in [1.54, 1.807) is 42.5 Å². The van der Waals surface area contributed by atoms with E-state index in [1.807, 2.05) is 13.0 Å². The number of halogens is 1. The molecule has 0 amide bonds. The summed E-state index contributed by atoms with van der Waals surface area (Å²) in [6, 6.07) is 13.9. The SMILES string of the molecule is Cc1ccc(C(=O)c2ccccc2)c(C(=O)Cl)c1. The molecule has 0 aliphatic heterocycles. The Hall–Kier alpha value is -1.93. The number of ketones is 1. The second kappa shape index (κ2) is 5.15. The summed E-state index contributed by atoms with van der Waals surface area (Å²) < 4.78 is 0. The predicted octanol–water partition coefficient (Wildman–Crippen LogP) is 3.61. The van der Waals surface area contributed by atoms with E-state index in [0.717, 1.165) is 5.56 Å². The lowest BCUT2D eigenvalue weighted by Crippen LogP contribution is -2.07. The van der Waals surface area contributed by atoms with Crippen LogP contribution in [0.25, 0.3) is 0 Å². The Bertz CT molecular complexity index is 603. The van der Waals surface area contributed by atoms with Crippen LogP contribution in [0.1, 0.15) is 31.8 Å². The number of benzene rings is 2. The maximum atomic E-state index is 12.3. The van der Waals surface area contributed by atoms with Crippen LogP contribution in [0, 0.1) is 6.92 Å². The van der Waals surface area contributed by atoms with Gasteiger partial charge in [-0.25, -0.2) is 0 Å². The minimum Gasteiger partial charge on any atom is -0.289 e. The van der Waals surface area contributed by atoms with Crippen LogP contribution in [0.4, 0.5) is 0 Å². The minimum atomic E-state index is -0.613. The molecule has 0 aromatic heterocycles. The average Bonchev–Trinajstić information content (AvgIpc) is 2.39. The smallest absolute Gasteiger partial charge is 0.253 e. The molecule has 0 N–H and O–H groups in total. The van der Waals surface area contributed by atoms with Crippen molar-refractivity contribution in [2.45, 2.75) is 6.92 Å². The van der Waals surface area contributed by atoms with Crippen LogP contribution in [0.2, 0.25) is 0 Å². The van der Waals surface area contributed by atoms with Crippen molar-refractivity contribution in [1.82, 2.24) is 0 Å². The topological polar surface area (TPSA) is 34.1 Å². The highest BCUT2D eigenvalue weighted by molar-refractivity contribution is 6.68. The van der Waals surface area contributed by atoms with Crippen LogP contribution in [0.3, 0.4) is 0 Å². The Balaban J connectivity index is 2.52. The van der Waals surface area contributed by atoms with Gasteiger partial charge in [-0.3, -0.25) is 9.59 Å². The van der Waals surface area contributed by atoms with Crippen LogP contribution < -0.4 is 0 Å². The summed E-state index contributed by atoms with van der Waals surface area (Å²) in [5.41, 5.74) is 2.03. The van der Waals surface area contributed by atoms with Gasteiger partial charge in [0, 0.05) is 16.7 Å². The van der Waals surface area contributed by atoms with Crippen molar-refractivity contribution in [2.24, 2.45) is 0 Å². The Morgan fingerprint density at radius 3 is 2.22 bits per heavy atom. The molecule has 0 unspecified atom stereocenters. The summed E-state index contributed by atoms with van der Waals surface area (Å²) in [5.74, 6) is -0.195. The number of rotatable bonds is 3. The quantitative estimate of drug-likeness (QED) is 0.623. The van der Waals surface area contributed by atoms with Gasteiger partial charge in [0.1, 0.15) is 0 Å². The summed E-state index contributed by atoms with van der Waals surface area (Å²) in [5, 5.41) is -0.613. The van der Waals surface area contributed by atoms with Crippen molar-refractivity contribution in [2.75, 3.05) is 0 Å². The predicted molar refractivity (Wildman–Crippen MR) is 71.2 cm³/mol. The molecule has 90 valence electrons. The molecule has 3 heteroatoms. The molecule has 0 heterocycles. The van der Waals surface area contributed by atoms with E-state index >= 15 is 0 Å². The highest BCUT2D eigenvalue weighted by Crippen LogP contribution is 2.18. The zero-order valence-corrected chi connectivity index (χ0v) is 10.6. The second-order valence-corrected chi connectivity index (χ2v) is 4.36. The standard InChI is InChI=1S/C15H11ClO2/c1-10-7-8-12(13(9-10)15(16)18)14(17)11-5-3-2-4-6-11/h2-9H,1H3. The Labute approximate surface area is 110 Å². The molecule has 0 aliphatic carbocycles. The van der Waals surface area contributed by atoms with Crippen LogP contribution in [-0.4, -0.2) is 11.0 Å². The molecule has 0 atom stereocenters. The Kier molecular flexibility index (Phi) is 3.58. The monoisotopic (exact) mass is 258 g/mol. The van der Waals surface area contributed by atoms with Crippen LogP contribution in [-0.2, 0) is 0 Å².